The summed E-state index contributed by atoms with van der Waals surface area (Å²) in [6, 6.07) is 1.52. The van der Waals surface area contributed by atoms with Gasteiger partial charge in [0, 0.05) is 11.3 Å². The van der Waals surface area contributed by atoms with Crippen molar-refractivity contribution >= 4 is 26.5 Å². The topological polar surface area (TPSA) is 0 Å². The van der Waals surface area contributed by atoms with Crippen LogP contribution in [0.4, 0.5) is 52.7 Å². The Morgan fingerprint density at radius 1 is 0.527 bits per heavy atom. The number of hydrogen-bond acceptors (Lipinski definition) is 0. The van der Waals surface area contributed by atoms with Crippen LogP contribution in [-0.2, 0) is 24.7 Å². The van der Waals surface area contributed by atoms with Crippen molar-refractivity contribution in [2.75, 3.05) is 0 Å². The quantitative estimate of drug-likeness (QED) is 0.193. The molecule has 2 saturated carbocycles. The van der Waals surface area contributed by atoms with E-state index in [9.17, 15) is 52.7 Å². The van der Waals surface area contributed by atoms with Crippen LogP contribution in [0, 0.1) is 0 Å². The van der Waals surface area contributed by atoms with Crippen molar-refractivity contribution < 1.29 is 52.7 Å². The number of hydrogen-bond donors (Lipinski definition) is 0. The van der Waals surface area contributed by atoms with E-state index in [0.29, 0.717) is 46.7 Å². The minimum absolute atomic E-state index is 0.0263. The lowest BCUT2D eigenvalue weighted by molar-refractivity contribution is -0.144. The zero-order valence-corrected chi connectivity index (χ0v) is 31.6. The summed E-state index contributed by atoms with van der Waals surface area (Å²) < 4.78 is 170. The fraction of sp³-hybridized carbons (Fsp3) is 0.463. The summed E-state index contributed by atoms with van der Waals surface area (Å²) in [6.07, 6.45) is 3.03. The van der Waals surface area contributed by atoms with Gasteiger partial charge in [-0.2, -0.15) is 52.7 Å². The van der Waals surface area contributed by atoms with Gasteiger partial charge in [0.15, 0.2) is 0 Å². The molecule has 0 aliphatic heterocycles. The molecule has 0 spiro atoms. The fourth-order valence-electron chi connectivity index (χ4n) is 8.50. The Balaban J connectivity index is 1.55. The van der Waals surface area contributed by atoms with Crippen molar-refractivity contribution in [3.63, 3.8) is 0 Å². The average molecular weight is 823 g/mol. The molecule has 2 aromatic carbocycles. The van der Waals surface area contributed by atoms with Crippen molar-refractivity contribution in [3.05, 3.63) is 118 Å². The van der Waals surface area contributed by atoms with Crippen molar-refractivity contribution in [1.82, 2.24) is 0 Å². The van der Waals surface area contributed by atoms with Crippen LogP contribution in [-0.4, -0.2) is 22.6 Å². The first kappa shape index (κ1) is 41.8. The summed E-state index contributed by atoms with van der Waals surface area (Å²) >= 11 is 0. The van der Waals surface area contributed by atoms with E-state index in [2.05, 4.69) is 6.08 Å². The third-order valence-corrected chi connectivity index (χ3v) is 17.5. The van der Waals surface area contributed by atoms with Gasteiger partial charge in [-0.15, -0.1) is 0 Å². The fourth-order valence-corrected chi connectivity index (χ4v) is 15.6. The second-order valence-corrected chi connectivity index (χ2v) is 20.1. The van der Waals surface area contributed by atoms with E-state index >= 15 is 0 Å². The molecule has 0 nitrogen and oxygen atoms in total. The molecule has 4 aliphatic carbocycles. The molecule has 0 N–H and O–H groups in total. The van der Waals surface area contributed by atoms with Gasteiger partial charge in [-0.25, -0.2) is 0 Å². The molecule has 0 saturated heterocycles. The maximum atomic E-state index is 14.2. The molecule has 0 aromatic heterocycles. The van der Waals surface area contributed by atoms with Gasteiger partial charge in [-0.05, 0) is 109 Å². The average Bonchev–Trinajstić information content (AvgIpc) is 3.61. The molecule has 1 unspecified atom stereocenters. The van der Waals surface area contributed by atoms with Crippen LogP contribution in [0.15, 0.2) is 95.6 Å². The van der Waals surface area contributed by atoms with E-state index in [1.54, 1.807) is 18.2 Å². The number of alkyl halides is 12. The van der Waals surface area contributed by atoms with Gasteiger partial charge < -0.3 is 0 Å². The van der Waals surface area contributed by atoms with Gasteiger partial charge in [0.25, 0.3) is 0 Å². The van der Waals surface area contributed by atoms with E-state index in [4.69, 9.17) is 0 Å². The first-order valence-corrected chi connectivity index (χ1v) is 21.3. The molecule has 0 heterocycles. The highest BCUT2D eigenvalue weighted by atomic mass is 31.1. The van der Waals surface area contributed by atoms with Crippen LogP contribution in [0.25, 0.3) is 0 Å². The minimum atomic E-state index is -5.30. The molecule has 55 heavy (non-hydrogen) atoms. The predicted molar refractivity (Wildman–Crippen MR) is 196 cm³/mol. The van der Waals surface area contributed by atoms with Crippen LogP contribution in [0.3, 0.4) is 0 Å². The largest absolute Gasteiger partial charge is 0.416 e. The number of allylic oxidation sites excluding steroid dienone is 10. The lowest BCUT2D eigenvalue weighted by Gasteiger charge is -2.43. The molecule has 6 rings (SSSR count). The Morgan fingerprint density at radius 3 is 1.35 bits per heavy atom. The van der Waals surface area contributed by atoms with Gasteiger partial charge >= 0.3 is 24.7 Å². The minimum Gasteiger partial charge on any atom is -0.166 e. The molecule has 0 bridgehead atoms. The molecular weight excluding hydrogens is 782 g/mol. The zero-order chi connectivity index (χ0) is 39.9. The number of halogens is 12. The van der Waals surface area contributed by atoms with Crippen molar-refractivity contribution in [2.24, 2.45) is 0 Å². The Bertz CT molecular complexity index is 1700. The standard InChI is InChI=1S/C41H40F12P2/c1-25(34-16-10-17-35(34)36-15-8-9-18-37(36)55(30-11-4-2-5-12-30)31-13-6-3-7-14-31)54(32-21-26(38(42,43)44)19-27(22-32)39(45,46)47)33-23-28(40(48,49)50)20-29(24-33)41(51,52)53/h8-10,15-25,30-31,37H,2-7,11-14H2,1H3/b36-35+/t25-,37?/m1/s1. The van der Waals surface area contributed by atoms with E-state index < -0.39 is 79.1 Å². The third-order valence-electron chi connectivity index (χ3n) is 11.0. The SMILES string of the molecule is C[C@H](C1=CC=C/C1=C1/C=CC=CC1P(C1CCCCC1)C1CCCCC1)P(c1cc(C(F)(F)F)cc(C(F)(F)F)c1)c1cc(C(F)(F)F)cc(C(F)(F)F)c1. The second-order valence-electron chi connectivity index (χ2n) is 14.6. The molecular formula is C41H40F12P2. The Kier molecular flexibility index (Phi) is 12.3. The third kappa shape index (κ3) is 9.49. The van der Waals surface area contributed by atoms with E-state index in [1.165, 1.54) is 6.92 Å². The first-order valence-electron chi connectivity index (χ1n) is 18.4. The van der Waals surface area contributed by atoms with E-state index in [1.807, 2.05) is 18.2 Å². The summed E-state index contributed by atoms with van der Waals surface area (Å²) in [6.45, 7) is 1.47. The van der Waals surface area contributed by atoms with Crippen molar-refractivity contribution in [1.29, 1.82) is 0 Å². The molecule has 2 aromatic rings. The van der Waals surface area contributed by atoms with Gasteiger partial charge in [0.05, 0.1) is 22.3 Å². The van der Waals surface area contributed by atoms with E-state index in [-0.39, 0.29) is 17.8 Å². The second kappa shape index (κ2) is 16.2. The highest BCUT2D eigenvalue weighted by Crippen LogP contribution is 2.62. The van der Waals surface area contributed by atoms with Crippen LogP contribution >= 0.6 is 15.8 Å². The summed E-state index contributed by atoms with van der Waals surface area (Å²) in [5.74, 6) is 0. The number of rotatable bonds is 7. The maximum Gasteiger partial charge on any atom is 0.416 e. The summed E-state index contributed by atoms with van der Waals surface area (Å²) in [4.78, 5) is 0. The van der Waals surface area contributed by atoms with Gasteiger partial charge in [0.1, 0.15) is 0 Å². The molecule has 0 amide bonds. The zero-order valence-electron chi connectivity index (χ0n) is 29.8. The first-order chi connectivity index (χ1) is 25.7. The summed E-state index contributed by atoms with van der Waals surface area (Å²) in [5.41, 5.74) is -4.98. The molecule has 14 heteroatoms. The van der Waals surface area contributed by atoms with Gasteiger partial charge in [0.2, 0.25) is 0 Å². The van der Waals surface area contributed by atoms with Gasteiger partial charge in [-0.1, -0.05) is 95.9 Å². The molecule has 2 fully saturated rings. The highest BCUT2D eigenvalue weighted by molar-refractivity contribution is 7.73. The predicted octanol–water partition coefficient (Wildman–Crippen LogP) is 14.0. The number of benzene rings is 2. The molecule has 4 aliphatic rings. The normalized spacial score (nSPS) is 22.6. The Hall–Kier alpha value is -2.84. The van der Waals surface area contributed by atoms with Crippen LogP contribution in [0.5, 0.6) is 0 Å². The molecule has 298 valence electrons. The van der Waals surface area contributed by atoms with Crippen molar-refractivity contribution in [3.8, 4) is 0 Å². The van der Waals surface area contributed by atoms with Crippen LogP contribution in [0.2, 0.25) is 0 Å². The smallest absolute Gasteiger partial charge is 0.166 e. The monoisotopic (exact) mass is 822 g/mol. The molecule has 2 atom stereocenters. The lowest BCUT2D eigenvalue weighted by Crippen LogP contribution is -2.29. The van der Waals surface area contributed by atoms with E-state index in [0.717, 1.165) is 69.8 Å². The van der Waals surface area contributed by atoms with Crippen molar-refractivity contribution in [2.45, 2.75) is 118 Å². The maximum absolute atomic E-state index is 14.2. The lowest BCUT2D eigenvalue weighted by atomic mass is 9.95. The van der Waals surface area contributed by atoms with Crippen LogP contribution in [0.1, 0.15) is 93.4 Å². The Morgan fingerprint density at radius 2 is 0.945 bits per heavy atom. The van der Waals surface area contributed by atoms with Crippen LogP contribution < -0.4 is 10.6 Å². The highest BCUT2D eigenvalue weighted by Gasteiger charge is 2.43. The molecule has 0 radical (unpaired) electrons. The Labute approximate surface area is 315 Å². The van der Waals surface area contributed by atoms with Gasteiger partial charge in [-0.3, -0.25) is 0 Å². The summed E-state index contributed by atoms with van der Waals surface area (Å²) in [5, 5.41) is -1.28. The summed E-state index contributed by atoms with van der Waals surface area (Å²) in [7, 11) is -3.39.